The summed E-state index contributed by atoms with van der Waals surface area (Å²) in [6, 6.07) is 0. The molecule has 92 valence electrons. The van der Waals surface area contributed by atoms with E-state index < -0.39 is 14.1 Å². The molecule has 0 amide bonds. The van der Waals surface area contributed by atoms with Crippen LogP contribution in [0.1, 0.15) is 34.1 Å². The number of hydrogen-bond donors (Lipinski definition) is 1. The van der Waals surface area contributed by atoms with Gasteiger partial charge in [-0.05, 0) is 19.8 Å². The van der Waals surface area contributed by atoms with Crippen LogP contribution in [0.4, 0.5) is 0 Å². The van der Waals surface area contributed by atoms with E-state index in [0.29, 0.717) is 6.42 Å². The topological polar surface area (TPSA) is 65.0 Å². The van der Waals surface area contributed by atoms with Crippen LogP contribution in [0.3, 0.4) is 0 Å². The fraction of sp³-hybridized carbons (Fsp3) is 1.00. The minimum absolute atomic E-state index is 0.214. The average Bonchev–Trinajstić information content (AvgIpc) is 2.01. The highest BCUT2D eigenvalue weighted by Gasteiger charge is 2.29. The van der Waals surface area contributed by atoms with Gasteiger partial charge in [0.1, 0.15) is 0 Å². The lowest BCUT2D eigenvalue weighted by Crippen LogP contribution is -2.15. The molecule has 0 spiro atoms. The molecule has 0 saturated carbocycles. The second-order valence-electron chi connectivity index (χ2n) is 3.47. The molecule has 0 radical (unpaired) electrons. The van der Waals surface area contributed by atoms with E-state index in [2.05, 4.69) is 0 Å². The minimum Gasteiger partial charge on any atom is -0.367 e. The molecule has 0 aromatic heterocycles. The molecular weight excluding hydrogens is 219 g/mol. The normalized spacial score (nSPS) is 14.5. The zero-order chi connectivity index (χ0) is 11.9. The monoisotopic (exact) mass is 240 g/mol. The Labute approximate surface area is 91.3 Å². The van der Waals surface area contributed by atoms with Crippen molar-refractivity contribution < 1.29 is 23.2 Å². The Morgan fingerprint density at radius 3 is 2.00 bits per heavy atom. The zero-order valence-electron chi connectivity index (χ0n) is 9.80. The molecule has 0 aliphatic heterocycles. The molecule has 0 fully saturated rings. The standard InChI is InChI=1S/C9H21O5P/c1-5-12-15(11,13-6-2)14-9(10)7-8(3)4/h8-10H,5-7H2,1-4H3. The predicted octanol–water partition coefficient (Wildman–Crippen LogP) is 2.55. The van der Waals surface area contributed by atoms with Gasteiger partial charge in [-0.3, -0.25) is 13.6 Å². The molecular formula is C9H21O5P. The van der Waals surface area contributed by atoms with E-state index in [-0.39, 0.29) is 19.1 Å². The van der Waals surface area contributed by atoms with Gasteiger partial charge in [0.05, 0.1) is 13.2 Å². The van der Waals surface area contributed by atoms with Crippen molar-refractivity contribution in [2.75, 3.05) is 13.2 Å². The van der Waals surface area contributed by atoms with E-state index in [0.717, 1.165) is 0 Å². The van der Waals surface area contributed by atoms with Gasteiger partial charge in [0.15, 0.2) is 6.29 Å². The Hall–Kier alpha value is 0.0700. The van der Waals surface area contributed by atoms with Crippen LogP contribution >= 0.6 is 7.82 Å². The van der Waals surface area contributed by atoms with Crippen molar-refractivity contribution in [3.8, 4) is 0 Å². The molecule has 0 aliphatic carbocycles. The number of aliphatic hydroxyl groups excluding tert-OH is 1. The number of aliphatic hydroxyl groups is 1. The number of phosphoric acid groups is 1. The van der Waals surface area contributed by atoms with Crippen molar-refractivity contribution >= 4 is 7.82 Å². The largest absolute Gasteiger partial charge is 0.477 e. The molecule has 0 rings (SSSR count). The smallest absolute Gasteiger partial charge is 0.367 e. The van der Waals surface area contributed by atoms with Gasteiger partial charge in [-0.2, -0.15) is 0 Å². The van der Waals surface area contributed by atoms with Crippen molar-refractivity contribution in [1.29, 1.82) is 0 Å². The van der Waals surface area contributed by atoms with Crippen molar-refractivity contribution in [2.24, 2.45) is 5.92 Å². The van der Waals surface area contributed by atoms with Crippen LogP contribution in [0.15, 0.2) is 0 Å². The summed E-state index contributed by atoms with van der Waals surface area (Å²) in [5.74, 6) is 0.247. The first-order valence-corrected chi connectivity index (χ1v) is 6.65. The van der Waals surface area contributed by atoms with E-state index >= 15 is 0 Å². The van der Waals surface area contributed by atoms with E-state index in [1.165, 1.54) is 0 Å². The fourth-order valence-electron chi connectivity index (χ4n) is 1.01. The molecule has 0 aromatic rings. The third kappa shape index (κ3) is 7.03. The molecule has 0 bridgehead atoms. The van der Waals surface area contributed by atoms with Crippen molar-refractivity contribution in [3.05, 3.63) is 0 Å². The summed E-state index contributed by atoms with van der Waals surface area (Å²) in [5, 5.41) is 9.45. The van der Waals surface area contributed by atoms with Gasteiger partial charge in [0.25, 0.3) is 0 Å². The Bertz CT molecular complexity index is 197. The van der Waals surface area contributed by atoms with Crippen LogP contribution in [0, 0.1) is 5.92 Å². The lowest BCUT2D eigenvalue weighted by molar-refractivity contribution is -0.0583. The summed E-state index contributed by atoms with van der Waals surface area (Å²) in [7, 11) is -3.58. The number of rotatable bonds is 8. The van der Waals surface area contributed by atoms with E-state index in [9.17, 15) is 9.67 Å². The molecule has 1 atom stereocenters. The molecule has 1 unspecified atom stereocenters. The molecule has 0 heterocycles. The Morgan fingerprint density at radius 2 is 1.67 bits per heavy atom. The first kappa shape index (κ1) is 15.1. The maximum Gasteiger partial charge on any atom is 0.477 e. The summed E-state index contributed by atoms with van der Waals surface area (Å²) in [6.45, 7) is 7.66. The van der Waals surface area contributed by atoms with Gasteiger partial charge in [0, 0.05) is 6.42 Å². The second-order valence-corrected chi connectivity index (χ2v) is 5.09. The van der Waals surface area contributed by atoms with Crippen LogP contribution in [-0.2, 0) is 18.1 Å². The first-order chi connectivity index (χ1) is 6.93. The fourth-order valence-corrected chi connectivity index (χ4v) is 2.22. The molecule has 1 N–H and O–H groups in total. The summed E-state index contributed by atoms with van der Waals surface area (Å²) in [4.78, 5) is 0. The molecule has 0 aromatic carbocycles. The molecule has 5 nitrogen and oxygen atoms in total. The maximum atomic E-state index is 11.8. The van der Waals surface area contributed by atoms with Crippen molar-refractivity contribution in [3.63, 3.8) is 0 Å². The van der Waals surface area contributed by atoms with Crippen LogP contribution in [0.5, 0.6) is 0 Å². The van der Waals surface area contributed by atoms with Gasteiger partial charge < -0.3 is 5.11 Å². The van der Waals surface area contributed by atoms with E-state index in [1.807, 2.05) is 13.8 Å². The Kier molecular flexibility index (Phi) is 7.40. The van der Waals surface area contributed by atoms with Gasteiger partial charge >= 0.3 is 7.82 Å². The van der Waals surface area contributed by atoms with Gasteiger partial charge in [-0.15, -0.1) is 0 Å². The molecule has 15 heavy (non-hydrogen) atoms. The van der Waals surface area contributed by atoms with E-state index in [1.54, 1.807) is 13.8 Å². The summed E-state index contributed by atoms with van der Waals surface area (Å²) in [5.41, 5.74) is 0. The van der Waals surface area contributed by atoms with Crippen molar-refractivity contribution in [1.82, 2.24) is 0 Å². The highest BCUT2D eigenvalue weighted by molar-refractivity contribution is 7.48. The summed E-state index contributed by atoms with van der Waals surface area (Å²) in [6.07, 6.45) is -0.724. The quantitative estimate of drug-likeness (QED) is 0.521. The highest BCUT2D eigenvalue weighted by Crippen LogP contribution is 2.50. The minimum atomic E-state index is -3.58. The van der Waals surface area contributed by atoms with Gasteiger partial charge in [0.2, 0.25) is 0 Å². The first-order valence-electron chi connectivity index (χ1n) is 5.19. The molecule has 0 saturated heterocycles. The highest BCUT2D eigenvalue weighted by atomic mass is 31.2. The Balaban J connectivity index is 4.21. The third-order valence-electron chi connectivity index (χ3n) is 1.50. The van der Waals surface area contributed by atoms with Crippen LogP contribution < -0.4 is 0 Å². The van der Waals surface area contributed by atoms with Gasteiger partial charge in [-0.1, -0.05) is 13.8 Å². The third-order valence-corrected chi connectivity index (χ3v) is 3.15. The maximum absolute atomic E-state index is 11.8. The van der Waals surface area contributed by atoms with E-state index in [4.69, 9.17) is 13.6 Å². The number of phosphoric ester groups is 1. The van der Waals surface area contributed by atoms with Crippen LogP contribution in [0.2, 0.25) is 0 Å². The van der Waals surface area contributed by atoms with Crippen LogP contribution in [0.25, 0.3) is 0 Å². The van der Waals surface area contributed by atoms with Gasteiger partial charge in [-0.25, -0.2) is 4.57 Å². The Morgan fingerprint density at radius 1 is 1.20 bits per heavy atom. The number of hydrogen-bond acceptors (Lipinski definition) is 5. The van der Waals surface area contributed by atoms with Crippen LogP contribution in [-0.4, -0.2) is 24.6 Å². The van der Waals surface area contributed by atoms with Crippen molar-refractivity contribution in [2.45, 2.75) is 40.4 Å². The molecule has 0 aliphatic rings. The average molecular weight is 240 g/mol. The lowest BCUT2D eigenvalue weighted by atomic mass is 10.1. The lowest BCUT2D eigenvalue weighted by Gasteiger charge is -2.20. The second kappa shape index (κ2) is 7.36. The summed E-state index contributed by atoms with van der Waals surface area (Å²) >= 11 is 0. The SMILES string of the molecule is CCOP(=O)(OCC)OC(O)CC(C)C. The predicted molar refractivity (Wildman–Crippen MR) is 57.4 cm³/mol. The summed E-state index contributed by atoms with van der Waals surface area (Å²) < 4.78 is 26.4. The molecule has 6 heteroatoms. The zero-order valence-corrected chi connectivity index (χ0v) is 10.7.